The first-order valence-electron chi connectivity index (χ1n) is 18.3. The van der Waals surface area contributed by atoms with Crippen molar-refractivity contribution in [2.75, 3.05) is 0 Å². The molecule has 0 amide bonds. The number of furan rings is 1. The molecule has 1 nitrogen and oxygen atoms in total. The van der Waals surface area contributed by atoms with Crippen molar-refractivity contribution >= 4 is 65.0 Å². The molecule has 0 bridgehead atoms. The molecule has 0 unspecified atom stereocenters. The highest BCUT2D eigenvalue weighted by atomic mass is 16.3. The van der Waals surface area contributed by atoms with Crippen molar-refractivity contribution in [3.63, 3.8) is 0 Å². The van der Waals surface area contributed by atoms with E-state index in [1.54, 1.807) is 0 Å². The third kappa shape index (κ3) is 4.64. The molecule has 1 heteroatoms. The fourth-order valence-corrected chi connectivity index (χ4v) is 8.67. The smallest absolute Gasteiger partial charge is 0.143 e. The van der Waals surface area contributed by atoms with Crippen molar-refractivity contribution in [3.05, 3.63) is 194 Å². The van der Waals surface area contributed by atoms with Crippen LogP contribution in [0.5, 0.6) is 0 Å². The number of fused-ring (bicyclic) bond motifs is 7. The van der Waals surface area contributed by atoms with E-state index in [4.69, 9.17) is 4.42 Å². The molecule has 0 atom stereocenters. The highest BCUT2D eigenvalue weighted by Crippen LogP contribution is 2.47. The summed E-state index contributed by atoms with van der Waals surface area (Å²) in [6.07, 6.45) is 0. The average Bonchev–Trinajstić information content (AvgIpc) is 3.61. The molecular formula is C52H32O. The minimum absolute atomic E-state index is 0.894. The number of rotatable bonds is 4. The fourth-order valence-electron chi connectivity index (χ4n) is 8.67. The lowest BCUT2D eigenvalue weighted by molar-refractivity contribution is 0.670. The first-order valence-corrected chi connectivity index (χ1v) is 18.3. The Morgan fingerprint density at radius 3 is 1.57 bits per heavy atom. The lowest BCUT2D eigenvalue weighted by Crippen LogP contribution is -1.92. The quantitative estimate of drug-likeness (QED) is 0.170. The van der Waals surface area contributed by atoms with Gasteiger partial charge in [0.2, 0.25) is 0 Å². The van der Waals surface area contributed by atoms with E-state index in [0.717, 1.165) is 27.5 Å². The van der Waals surface area contributed by atoms with Crippen molar-refractivity contribution in [2.24, 2.45) is 0 Å². The Balaban J connectivity index is 1.15. The minimum atomic E-state index is 0.894. The molecule has 11 aromatic rings. The molecule has 0 aliphatic heterocycles. The lowest BCUT2D eigenvalue weighted by atomic mass is 9.83. The number of hydrogen-bond acceptors (Lipinski definition) is 1. The second kappa shape index (κ2) is 11.8. The van der Waals surface area contributed by atoms with Crippen LogP contribution >= 0.6 is 0 Å². The Kier molecular flexibility index (Phi) is 6.62. The largest absolute Gasteiger partial charge is 0.455 e. The van der Waals surface area contributed by atoms with Crippen molar-refractivity contribution in [3.8, 4) is 44.5 Å². The molecule has 0 saturated heterocycles. The van der Waals surface area contributed by atoms with E-state index in [9.17, 15) is 0 Å². The normalized spacial score (nSPS) is 11.8. The van der Waals surface area contributed by atoms with E-state index >= 15 is 0 Å². The summed E-state index contributed by atoms with van der Waals surface area (Å²) < 4.78 is 6.71. The van der Waals surface area contributed by atoms with E-state index < -0.39 is 0 Å². The standard InChI is InChI=1S/C52H32O/c1-2-15-35-31-36(28-27-33(35)13-1)39-18-5-6-19-41(39)51-44-22-9-7-20-42(44)50(43-21-8-10-23-45(43)51)37-29-30-49-48(32-37)47-26-12-25-46(52(47)53-49)40-24-11-16-34-14-3-4-17-38(34)40/h1-32H. The summed E-state index contributed by atoms with van der Waals surface area (Å²) in [7, 11) is 0. The molecule has 1 aromatic heterocycles. The van der Waals surface area contributed by atoms with Gasteiger partial charge in [-0.1, -0.05) is 176 Å². The van der Waals surface area contributed by atoms with Gasteiger partial charge in [0.25, 0.3) is 0 Å². The summed E-state index contributed by atoms with van der Waals surface area (Å²) in [6, 6.07) is 70.5. The molecule has 0 radical (unpaired) electrons. The van der Waals surface area contributed by atoms with E-state index in [1.165, 1.54) is 82.0 Å². The van der Waals surface area contributed by atoms with Gasteiger partial charge in [-0.15, -0.1) is 0 Å². The molecule has 1 heterocycles. The van der Waals surface area contributed by atoms with Gasteiger partial charge in [-0.05, 0) is 100 Å². The van der Waals surface area contributed by atoms with Crippen molar-refractivity contribution in [2.45, 2.75) is 0 Å². The first kappa shape index (κ1) is 29.7. The zero-order chi connectivity index (χ0) is 34.9. The zero-order valence-electron chi connectivity index (χ0n) is 28.9. The van der Waals surface area contributed by atoms with Crippen molar-refractivity contribution < 1.29 is 4.42 Å². The lowest BCUT2D eigenvalue weighted by Gasteiger charge is -2.20. The summed E-state index contributed by atoms with van der Waals surface area (Å²) in [6.45, 7) is 0. The fraction of sp³-hybridized carbons (Fsp3) is 0. The van der Waals surface area contributed by atoms with Gasteiger partial charge in [-0.25, -0.2) is 0 Å². The highest BCUT2D eigenvalue weighted by molar-refractivity contribution is 6.23. The van der Waals surface area contributed by atoms with Crippen LogP contribution in [0, 0.1) is 0 Å². The minimum Gasteiger partial charge on any atom is -0.455 e. The Labute approximate surface area is 307 Å². The molecule has 53 heavy (non-hydrogen) atoms. The van der Waals surface area contributed by atoms with E-state index in [0.29, 0.717) is 0 Å². The molecule has 0 N–H and O–H groups in total. The summed E-state index contributed by atoms with van der Waals surface area (Å²) in [5.41, 5.74) is 11.5. The molecular weight excluding hydrogens is 641 g/mol. The first-order chi connectivity index (χ1) is 26.3. The topological polar surface area (TPSA) is 13.1 Å². The Morgan fingerprint density at radius 1 is 0.264 bits per heavy atom. The van der Waals surface area contributed by atoms with Gasteiger partial charge < -0.3 is 4.42 Å². The van der Waals surface area contributed by atoms with Crippen LogP contribution in [0.15, 0.2) is 199 Å². The predicted molar refractivity (Wildman–Crippen MR) is 225 cm³/mol. The van der Waals surface area contributed by atoms with Gasteiger partial charge in [-0.3, -0.25) is 0 Å². The maximum Gasteiger partial charge on any atom is 0.143 e. The van der Waals surface area contributed by atoms with Crippen LogP contribution in [-0.2, 0) is 0 Å². The molecule has 246 valence electrons. The third-order valence-electron chi connectivity index (χ3n) is 11.1. The van der Waals surface area contributed by atoms with E-state index in [2.05, 4.69) is 194 Å². The van der Waals surface area contributed by atoms with Crippen molar-refractivity contribution in [1.29, 1.82) is 0 Å². The second-order valence-corrected chi connectivity index (χ2v) is 14.0. The monoisotopic (exact) mass is 672 g/mol. The van der Waals surface area contributed by atoms with Gasteiger partial charge >= 0.3 is 0 Å². The van der Waals surface area contributed by atoms with Crippen LogP contribution in [0.3, 0.4) is 0 Å². The molecule has 0 saturated carbocycles. The van der Waals surface area contributed by atoms with Crippen LogP contribution in [0.25, 0.3) is 110 Å². The third-order valence-corrected chi connectivity index (χ3v) is 11.1. The Morgan fingerprint density at radius 2 is 0.792 bits per heavy atom. The molecule has 0 fully saturated rings. The Hall–Kier alpha value is -6.96. The summed E-state index contributed by atoms with van der Waals surface area (Å²) in [4.78, 5) is 0. The Bertz CT molecular complexity index is 3170. The van der Waals surface area contributed by atoms with Crippen LogP contribution < -0.4 is 0 Å². The van der Waals surface area contributed by atoms with E-state index in [-0.39, 0.29) is 0 Å². The van der Waals surface area contributed by atoms with E-state index in [1.807, 2.05) is 0 Å². The number of benzene rings is 10. The maximum absolute atomic E-state index is 6.71. The second-order valence-electron chi connectivity index (χ2n) is 14.0. The molecule has 0 spiro atoms. The summed E-state index contributed by atoms with van der Waals surface area (Å²) in [5, 5.41) is 12.1. The predicted octanol–water partition coefficient (Wildman–Crippen LogP) is 14.9. The SMILES string of the molecule is c1ccc(-c2c3ccccc3c(-c3ccc4oc5c(-c6cccc7ccccc67)cccc5c4c3)c3ccccc23)c(-c2ccc3ccccc3c2)c1. The summed E-state index contributed by atoms with van der Waals surface area (Å²) >= 11 is 0. The zero-order valence-corrected chi connectivity index (χ0v) is 28.9. The van der Waals surface area contributed by atoms with Gasteiger partial charge in [0.15, 0.2) is 0 Å². The average molecular weight is 673 g/mol. The molecule has 10 aromatic carbocycles. The molecule has 0 aliphatic carbocycles. The highest BCUT2D eigenvalue weighted by Gasteiger charge is 2.20. The van der Waals surface area contributed by atoms with Gasteiger partial charge in [0.1, 0.15) is 11.2 Å². The van der Waals surface area contributed by atoms with Crippen LogP contribution in [0.1, 0.15) is 0 Å². The van der Waals surface area contributed by atoms with Gasteiger partial charge in [-0.2, -0.15) is 0 Å². The van der Waals surface area contributed by atoms with Crippen LogP contribution in [0.4, 0.5) is 0 Å². The van der Waals surface area contributed by atoms with Gasteiger partial charge in [0, 0.05) is 16.3 Å². The van der Waals surface area contributed by atoms with Crippen LogP contribution in [-0.4, -0.2) is 0 Å². The molecule has 0 aliphatic rings. The summed E-state index contributed by atoms with van der Waals surface area (Å²) in [5.74, 6) is 0. The molecule has 11 rings (SSSR count). The number of para-hydroxylation sites is 1. The van der Waals surface area contributed by atoms with Crippen LogP contribution in [0.2, 0.25) is 0 Å². The maximum atomic E-state index is 6.71. The number of hydrogen-bond donors (Lipinski definition) is 0. The van der Waals surface area contributed by atoms with Gasteiger partial charge in [0.05, 0.1) is 0 Å². The van der Waals surface area contributed by atoms with Crippen molar-refractivity contribution in [1.82, 2.24) is 0 Å².